The highest BCUT2D eigenvalue weighted by Gasteiger charge is 2.22. The summed E-state index contributed by atoms with van der Waals surface area (Å²) in [5, 5.41) is 4.66. The zero-order valence-electron chi connectivity index (χ0n) is 30.1. The van der Waals surface area contributed by atoms with E-state index in [1.807, 2.05) is 59.9 Å². The molecule has 11 rings (SSSR count). The molecule has 0 amide bonds. The molecule has 0 saturated heterocycles. The number of para-hydroxylation sites is 1. The molecule has 0 unspecified atom stereocenters. The van der Waals surface area contributed by atoms with Gasteiger partial charge >= 0.3 is 0 Å². The molecule has 4 nitrogen and oxygen atoms in total. The van der Waals surface area contributed by atoms with Crippen LogP contribution in [0.25, 0.3) is 110 Å². The molecule has 56 heavy (non-hydrogen) atoms. The zero-order valence-corrected chi connectivity index (χ0v) is 30.9. The molecular formula is C51H31N3OS. The van der Waals surface area contributed by atoms with Crippen molar-refractivity contribution in [3.63, 3.8) is 0 Å². The van der Waals surface area contributed by atoms with E-state index >= 15 is 0 Å². The first-order valence-corrected chi connectivity index (χ1v) is 19.5. The van der Waals surface area contributed by atoms with Gasteiger partial charge in [0.2, 0.25) is 0 Å². The molecule has 0 saturated carbocycles. The lowest BCUT2D eigenvalue weighted by Crippen LogP contribution is -2.00. The highest BCUT2D eigenvalue weighted by Crippen LogP contribution is 2.46. The Morgan fingerprint density at radius 3 is 1.57 bits per heavy atom. The summed E-state index contributed by atoms with van der Waals surface area (Å²) >= 11 is 1.83. The summed E-state index contributed by atoms with van der Waals surface area (Å²) in [4.78, 5) is 15.4. The summed E-state index contributed by atoms with van der Waals surface area (Å²) in [5.74, 6) is 1.80. The van der Waals surface area contributed by atoms with Crippen LogP contribution in [0.2, 0.25) is 0 Å². The molecular weight excluding hydrogens is 703 g/mol. The first-order chi connectivity index (χ1) is 27.7. The summed E-state index contributed by atoms with van der Waals surface area (Å²) in [6, 6.07) is 65.7. The number of rotatable bonds is 6. The SMILES string of the molecule is c1ccc(-c2ccc(-c3nc(-c4ccccc4)nc(-c4cc(-c5cc6sc7ccccc7c6cc5-c5ccccc5)c5c(c4)oc4ccccc45)n3)cc2)cc1. The van der Waals surface area contributed by atoms with Crippen molar-refractivity contribution in [1.29, 1.82) is 0 Å². The van der Waals surface area contributed by atoms with E-state index in [0.29, 0.717) is 17.5 Å². The molecule has 8 aromatic carbocycles. The molecule has 0 N–H and O–H groups in total. The lowest BCUT2D eigenvalue weighted by molar-refractivity contribution is 0.669. The molecule has 0 aliphatic rings. The molecule has 3 heterocycles. The van der Waals surface area contributed by atoms with Crippen LogP contribution >= 0.6 is 11.3 Å². The molecule has 5 heteroatoms. The lowest BCUT2D eigenvalue weighted by Gasteiger charge is -2.15. The van der Waals surface area contributed by atoms with Gasteiger partial charge in [0.1, 0.15) is 11.2 Å². The predicted molar refractivity (Wildman–Crippen MR) is 233 cm³/mol. The lowest BCUT2D eigenvalue weighted by atomic mass is 9.89. The van der Waals surface area contributed by atoms with Gasteiger partial charge in [-0.05, 0) is 69.8 Å². The van der Waals surface area contributed by atoms with E-state index in [-0.39, 0.29) is 0 Å². The number of thiophene rings is 1. The van der Waals surface area contributed by atoms with Gasteiger partial charge < -0.3 is 4.42 Å². The van der Waals surface area contributed by atoms with Gasteiger partial charge in [0, 0.05) is 47.6 Å². The standard InChI is InChI=1S/C51H31N3OS/c1-4-14-32(15-5-1)33-24-26-36(27-25-33)50-52-49(35-18-8-3-9-19-35)53-51(54-50)37-28-43(48-39-21-10-12-22-44(39)55-45(48)29-37)41-31-47-42(38-20-11-13-23-46(38)56-47)30-40(41)34-16-6-2-7-17-34/h1-31H. The van der Waals surface area contributed by atoms with Gasteiger partial charge in [0.15, 0.2) is 17.5 Å². The van der Waals surface area contributed by atoms with Crippen molar-refractivity contribution in [2.75, 3.05) is 0 Å². The van der Waals surface area contributed by atoms with E-state index in [2.05, 4.69) is 140 Å². The van der Waals surface area contributed by atoms with Gasteiger partial charge in [-0.15, -0.1) is 11.3 Å². The Balaban J connectivity index is 1.17. The van der Waals surface area contributed by atoms with Gasteiger partial charge in [0.25, 0.3) is 0 Å². The van der Waals surface area contributed by atoms with Crippen LogP contribution in [0, 0.1) is 0 Å². The van der Waals surface area contributed by atoms with E-state index in [4.69, 9.17) is 19.4 Å². The quantitative estimate of drug-likeness (QED) is 0.171. The summed E-state index contributed by atoms with van der Waals surface area (Å²) in [7, 11) is 0. The van der Waals surface area contributed by atoms with Crippen molar-refractivity contribution in [3.05, 3.63) is 188 Å². The Kier molecular flexibility index (Phi) is 7.64. The number of aromatic nitrogens is 3. The third-order valence-electron chi connectivity index (χ3n) is 10.5. The smallest absolute Gasteiger partial charge is 0.164 e. The van der Waals surface area contributed by atoms with E-state index in [9.17, 15) is 0 Å². The second kappa shape index (κ2) is 13.3. The van der Waals surface area contributed by atoms with E-state index < -0.39 is 0 Å². The second-order valence-corrected chi connectivity index (χ2v) is 15.1. The average Bonchev–Trinajstić information content (AvgIpc) is 3.84. The fourth-order valence-electron chi connectivity index (χ4n) is 7.84. The maximum absolute atomic E-state index is 6.67. The summed E-state index contributed by atoms with van der Waals surface area (Å²) < 4.78 is 9.18. The van der Waals surface area contributed by atoms with Crippen LogP contribution in [0.3, 0.4) is 0 Å². The molecule has 0 aliphatic carbocycles. The molecule has 0 aliphatic heterocycles. The predicted octanol–water partition coefficient (Wildman–Crippen LogP) is 14.1. The monoisotopic (exact) mass is 733 g/mol. The van der Waals surface area contributed by atoms with Crippen LogP contribution in [-0.4, -0.2) is 15.0 Å². The fraction of sp³-hybridized carbons (Fsp3) is 0. The van der Waals surface area contributed by atoms with Crippen LogP contribution in [0.1, 0.15) is 0 Å². The third-order valence-corrected chi connectivity index (χ3v) is 11.7. The molecule has 0 fully saturated rings. The van der Waals surface area contributed by atoms with Crippen LogP contribution in [-0.2, 0) is 0 Å². The van der Waals surface area contributed by atoms with Crippen LogP contribution < -0.4 is 0 Å². The van der Waals surface area contributed by atoms with Gasteiger partial charge in [-0.2, -0.15) is 0 Å². The first kappa shape index (κ1) is 32.2. The number of hydrogen-bond acceptors (Lipinski definition) is 5. The van der Waals surface area contributed by atoms with Crippen molar-refractivity contribution in [3.8, 4) is 67.5 Å². The maximum atomic E-state index is 6.67. The number of furan rings is 1. The molecule has 0 bridgehead atoms. The molecule has 0 spiro atoms. The molecule has 262 valence electrons. The summed E-state index contributed by atoms with van der Waals surface area (Å²) in [5.41, 5.74) is 11.1. The zero-order chi connectivity index (χ0) is 37.0. The average molecular weight is 734 g/mol. The largest absolute Gasteiger partial charge is 0.456 e. The Morgan fingerprint density at radius 2 is 0.857 bits per heavy atom. The van der Waals surface area contributed by atoms with Crippen molar-refractivity contribution >= 4 is 53.4 Å². The van der Waals surface area contributed by atoms with Gasteiger partial charge in [-0.3, -0.25) is 0 Å². The number of fused-ring (bicyclic) bond motifs is 6. The van der Waals surface area contributed by atoms with E-state index in [1.54, 1.807) is 0 Å². The molecule has 0 radical (unpaired) electrons. The maximum Gasteiger partial charge on any atom is 0.164 e. The first-order valence-electron chi connectivity index (χ1n) is 18.7. The van der Waals surface area contributed by atoms with Crippen LogP contribution in [0.4, 0.5) is 0 Å². The normalized spacial score (nSPS) is 11.6. The third kappa shape index (κ3) is 5.56. The second-order valence-electron chi connectivity index (χ2n) is 14.0. The highest BCUT2D eigenvalue weighted by atomic mass is 32.1. The van der Waals surface area contributed by atoms with Crippen molar-refractivity contribution in [1.82, 2.24) is 15.0 Å². The van der Waals surface area contributed by atoms with Gasteiger partial charge in [0.05, 0.1) is 0 Å². The molecule has 0 atom stereocenters. The van der Waals surface area contributed by atoms with Gasteiger partial charge in [-0.25, -0.2) is 15.0 Å². The molecule has 11 aromatic rings. The minimum Gasteiger partial charge on any atom is -0.456 e. The number of nitrogens with zero attached hydrogens (tertiary/aromatic N) is 3. The van der Waals surface area contributed by atoms with E-state index in [0.717, 1.165) is 72.0 Å². The highest BCUT2D eigenvalue weighted by molar-refractivity contribution is 7.25. The molecule has 3 aromatic heterocycles. The summed E-state index contributed by atoms with van der Waals surface area (Å²) in [6.45, 7) is 0. The Morgan fingerprint density at radius 1 is 0.321 bits per heavy atom. The Bertz CT molecular complexity index is 3230. The topological polar surface area (TPSA) is 51.8 Å². The Labute approximate surface area is 327 Å². The van der Waals surface area contributed by atoms with Crippen molar-refractivity contribution in [2.45, 2.75) is 0 Å². The minimum absolute atomic E-state index is 0.578. The Hall–Kier alpha value is -7.21. The minimum atomic E-state index is 0.578. The number of hydrogen-bond donors (Lipinski definition) is 0. The van der Waals surface area contributed by atoms with Crippen LogP contribution in [0.15, 0.2) is 192 Å². The van der Waals surface area contributed by atoms with Crippen molar-refractivity contribution < 1.29 is 4.42 Å². The number of benzene rings is 8. The summed E-state index contributed by atoms with van der Waals surface area (Å²) in [6.07, 6.45) is 0. The van der Waals surface area contributed by atoms with Crippen molar-refractivity contribution in [2.24, 2.45) is 0 Å². The van der Waals surface area contributed by atoms with Gasteiger partial charge in [-0.1, -0.05) is 152 Å². The van der Waals surface area contributed by atoms with Crippen LogP contribution in [0.5, 0.6) is 0 Å². The fourth-order valence-corrected chi connectivity index (χ4v) is 8.97. The van der Waals surface area contributed by atoms with E-state index in [1.165, 1.54) is 20.2 Å².